The normalized spacial score (nSPS) is 10.9. The molecule has 0 aromatic heterocycles. The number of benzene rings is 2. The molecule has 0 saturated carbocycles. The molecule has 0 heterocycles. The van der Waals surface area contributed by atoms with E-state index in [2.05, 4.69) is 5.32 Å². The molecule has 0 aliphatic carbocycles. The fourth-order valence-corrected chi connectivity index (χ4v) is 2.21. The Labute approximate surface area is 152 Å². The summed E-state index contributed by atoms with van der Waals surface area (Å²) >= 11 is 0. The SMILES string of the molecule is CCCOc1cc(C=C(NC(=O)c2ccccc2)C(=O)O)ccc1OC. The Morgan fingerprint density at radius 1 is 1.12 bits per heavy atom. The molecule has 0 fully saturated rings. The Hall–Kier alpha value is -3.28. The summed E-state index contributed by atoms with van der Waals surface area (Å²) in [7, 11) is 1.53. The molecule has 2 N–H and O–H groups in total. The van der Waals surface area contributed by atoms with Gasteiger partial charge in [-0.2, -0.15) is 0 Å². The number of amides is 1. The van der Waals surface area contributed by atoms with Crippen LogP contribution in [0.4, 0.5) is 0 Å². The number of hydrogen-bond donors (Lipinski definition) is 2. The molecule has 0 unspecified atom stereocenters. The van der Waals surface area contributed by atoms with E-state index in [0.717, 1.165) is 6.42 Å². The lowest BCUT2D eigenvalue weighted by atomic mass is 10.1. The van der Waals surface area contributed by atoms with Gasteiger partial charge in [0.25, 0.3) is 5.91 Å². The third-order valence-corrected chi connectivity index (χ3v) is 3.47. The molecule has 2 aromatic carbocycles. The van der Waals surface area contributed by atoms with E-state index in [0.29, 0.717) is 29.2 Å². The summed E-state index contributed by atoms with van der Waals surface area (Å²) in [4.78, 5) is 23.7. The first kappa shape index (κ1) is 19.1. The van der Waals surface area contributed by atoms with Gasteiger partial charge in [0.2, 0.25) is 0 Å². The van der Waals surface area contributed by atoms with Crippen molar-refractivity contribution in [3.8, 4) is 11.5 Å². The lowest BCUT2D eigenvalue weighted by molar-refractivity contribution is -0.132. The molecular formula is C20H21NO5. The van der Waals surface area contributed by atoms with Gasteiger partial charge in [0.1, 0.15) is 5.70 Å². The highest BCUT2D eigenvalue weighted by Crippen LogP contribution is 2.29. The number of carboxylic acids is 1. The lowest BCUT2D eigenvalue weighted by Gasteiger charge is -2.11. The number of carbonyl (C=O) groups excluding carboxylic acids is 1. The molecule has 0 radical (unpaired) electrons. The number of nitrogens with one attached hydrogen (secondary N) is 1. The van der Waals surface area contributed by atoms with Gasteiger partial charge < -0.3 is 19.9 Å². The maximum Gasteiger partial charge on any atom is 0.352 e. The number of aliphatic carboxylic acids is 1. The molecule has 0 saturated heterocycles. The highest BCUT2D eigenvalue weighted by atomic mass is 16.5. The second-order valence-corrected chi connectivity index (χ2v) is 5.44. The molecule has 6 nitrogen and oxygen atoms in total. The highest BCUT2D eigenvalue weighted by molar-refractivity contribution is 6.02. The van der Waals surface area contributed by atoms with Gasteiger partial charge in [0.15, 0.2) is 11.5 Å². The number of methoxy groups -OCH3 is 1. The summed E-state index contributed by atoms with van der Waals surface area (Å²) < 4.78 is 10.9. The summed E-state index contributed by atoms with van der Waals surface area (Å²) in [5, 5.41) is 11.8. The zero-order valence-corrected chi connectivity index (χ0v) is 14.7. The predicted molar refractivity (Wildman–Crippen MR) is 98.3 cm³/mol. The molecule has 26 heavy (non-hydrogen) atoms. The molecule has 2 rings (SSSR count). The summed E-state index contributed by atoms with van der Waals surface area (Å²) in [6.07, 6.45) is 2.21. The predicted octanol–water partition coefficient (Wildman–Crippen LogP) is 3.34. The molecule has 0 aliphatic rings. The van der Waals surface area contributed by atoms with Gasteiger partial charge in [-0.05, 0) is 42.3 Å². The summed E-state index contributed by atoms with van der Waals surface area (Å²) in [5.41, 5.74) is 0.717. The van der Waals surface area contributed by atoms with Crippen molar-refractivity contribution in [3.05, 3.63) is 65.4 Å². The quantitative estimate of drug-likeness (QED) is 0.710. The van der Waals surface area contributed by atoms with Crippen LogP contribution in [0.5, 0.6) is 11.5 Å². The van der Waals surface area contributed by atoms with Crippen molar-refractivity contribution in [3.63, 3.8) is 0 Å². The van der Waals surface area contributed by atoms with Gasteiger partial charge in [-0.3, -0.25) is 4.79 Å². The number of rotatable bonds is 8. The number of hydrogen-bond acceptors (Lipinski definition) is 4. The fraction of sp³-hybridized carbons (Fsp3) is 0.200. The average Bonchev–Trinajstić information content (AvgIpc) is 2.66. The number of ether oxygens (including phenoxy) is 2. The molecular weight excluding hydrogens is 334 g/mol. The second-order valence-electron chi connectivity index (χ2n) is 5.44. The van der Waals surface area contributed by atoms with E-state index in [4.69, 9.17) is 9.47 Å². The largest absolute Gasteiger partial charge is 0.493 e. The van der Waals surface area contributed by atoms with Crippen LogP contribution in [0.3, 0.4) is 0 Å². The van der Waals surface area contributed by atoms with Crippen molar-refractivity contribution in [1.29, 1.82) is 0 Å². The van der Waals surface area contributed by atoms with Crippen molar-refractivity contribution in [2.45, 2.75) is 13.3 Å². The minimum atomic E-state index is -1.24. The van der Waals surface area contributed by atoms with Crippen LogP contribution >= 0.6 is 0 Å². The van der Waals surface area contributed by atoms with E-state index in [-0.39, 0.29) is 5.70 Å². The fourth-order valence-electron chi connectivity index (χ4n) is 2.21. The minimum absolute atomic E-state index is 0.231. The molecule has 1 amide bonds. The van der Waals surface area contributed by atoms with Gasteiger partial charge in [-0.15, -0.1) is 0 Å². The van der Waals surface area contributed by atoms with Crippen molar-refractivity contribution in [2.75, 3.05) is 13.7 Å². The molecule has 0 atom stereocenters. The van der Waals surface area contributed by atoms with Gasteiger partial charge in [0.05, 0.1) is 13.7 Å². The zero-order chi connectivity index (χ0) is 18.9. The van der Waals surface area contributed by atoms with Gasteiger partial charge >= 0.3 is 5.97 Å². The molecule has 6 heteroatoms. The average molecular weight is 355 g/mol. The van der Waals surface area contributed by atoms with Crippen LogP contribution in [0.15, 0.2) is 54.2 Å². The monoisotopic (exact) mass is 355 g/mol. The Bertz CT molecular complexity index is 799. The van der Waals surface area contributed by atoms with Crippen molar-refractivity contribution in [1.82, 2.24) is 5.32 Å². The van der Waals surface area contributed by atoms with E-state index in [1.807, 2.05) is 6.92 Å². The molecule has 136 valence electrons. The van der Waals surface area contributed by atoms with E-state index in [9.17, 15) is 14.7 Å². The van der Waals surface area contributed by atoms with Crippen LogP contribution in [0.2, 0.25) is 0 Å². The minimum Gasteiger partial charge on any atom is -0.493 e. The zero-order valence-electron chi connectivity index (χ0n) is 14.7. The van der Waals surface area contributed by atoms with E-state index < -0.39 is 11.9 Å². The first-order valence-electron chi connectivity index (χ1n) is 8.17. The third kappa shape index (κ3) is 5.11. The smallest absolute Gasteiger partial charge is 0.352 e. The van der Waals surface area contributed by atoms with Crippen LogP contribution in [0.25, 0.3) is 6.08 Å². The highest BCUT2D eigenvalue weighted by Gasteiger charge is 2.14. The van der Waals surface area contributed by atoms with Crippen LogP contribution in [0, 0.1) is 0 Å². The summed E-state index contributed by atoms with van der Waals surface area (Å²) in [6, 6.07) is 13.5. The Balaban J connectivity index is 2.27. The van der Waals surface area contributed by atoms with Gasteiger partial charge in [0, 0.05) is 5.56 Å². The first-order valence-corrected chi connectivity index (χ1v) is 8.17. The van der Waals surface area contributed by atoms with Crippen LogP contribution < -0.4 is 14.8 Å². The first-order chi connectivity index (χ1) is 12.5. The van der Waals surface area contributed by atoms with Crippen LogP contribution in [-0.4, -0.2) is 30.7 Å². The van der Waals surface area contributed by atoms with Crippen molar-refractivity contribution in [2.24, 2.45) is 0 Å². The van der Waals surface area contributed by atoms with Crippen molar-refractivity contribution >= 4 is 18.0 Å². The Morgan fingerprint density at radius 2 is 1.85 bits per heavy atom. The Kier molecular flexibility index (Phi) is 6.79. The van der Waals surface area contributed by atoms with Gasteiger partial charge in [-0.1, -0.05) is 31.2 Å². The van der Waals surface area contributed by atoms with E-state index in [1.165, 1.54) is 13.2 Å². The van der Waals surface area contributed by atoms with Gasteiger partial charge in [-0.25, -0.2) is 4.79 Å². The standard InChI is InChI=1S/C20H21NO5/c1-3-11-26-18-13-14(9-10-17(18)25-2)12-16(20(23)24)21-19(22)15-7-5-4-6-8-15/h4-10,12-13H,3,11H2,1-2H3,(H,21,22)(H,23,24). The molecule has 0 bridgehead atoms. The van der Waals surface area contributed by atoms with Crippen LogP contribution in [0.1, 0.15) is 29.3 Å². The maximum atomic E-state index is 12.2. The number of carboxylic acid groups (broad SMARTS) is 1. The maximum absolute atomic E-state index is 12.2. The van der Waals surface area contributed by atoms with E-state index >= 15 is 0 Å². The molecule has 2 aromatic rings. The van der Waals surface area contributed by atoms with E-state index in [1.54, 1.807) is 48.5 Å². The Morgan fingerprint density at radius 3 is 2.46 bits per heavy atom. The van der Waals surface area contributed by atoms with Crippen LogP contribution in [-0.2, 0) is 4.79 Å². The number of carbonyl (C=O) groups is 2. The van der Waals surface area contributed by atoms with Crippen molar-refractivity contribution < 1.29 is 24.2 Å². The third-order valence-electron chi connectivity index (χ3n) is 3.47. The molecule has 0 spiro atoms. The topological polar surface area (TPSA) is 84.9 Å². The summed E-state index contributed by atoms with van der Waals surface area (Å²) in [6.45, 7) is 2.50. The lowest BCUT2D eigenvalue weighted by Crippen LogP contribution is -2.27. The second kappa shape index (κ2) is 9.27. The molecule has 0 aliphatic heterocycles. The summed E-state index contributed by atoms with van der Waals surface area (Å²) in [5.74, 6) is -0.653.